The van der Waals surface area contributed by atoms with Gasteiger partial charge in [-0.2, -0.15) is 0 Å². The van der Waals surface area contributed by atoms with E-state index in [9.17, 15) is 0 Å². The lowest BCUT2D eigenvalue weighted by molar-refractivity contribution is 0.118. The van der Waals surface area contributed by atoms with Gasteiger partial charge in [0.15, 0.2) is 0 Å². The zero-order valence-electron chi connectivity index (χ0n) is 10.5. The largest absolute Gasteiger partial charge is 0.490 e. The number of benzene rings is 1. The van der Waals surface area contributed by atoms with Crippen molar-refractivity contribution < 1.29 is 4.74 Å². The Morgan fingerprint density at radius 1 is 1.24 bits per heavy atom. The third-order valence-corrected chi connectivity index (χ3v) is 4.01. The van der Waals surface area contributed by atoms with Gasteiger partial charge in [-0.3, -0.25) is 0 Å². The van der Waals surface area contributed by atoms with Gasteiger partial charge in [0.1, 0.15) is 5.75 Å². The van der Waals surface area contributed by atoms with Crippen molar-refractivity contribution in [3.63, 3.8) is 0 Å². The summed E-state index contributed by atoms with van der Waals surface area (Å²) in [7, 11) is 0. The Balaban J connectivity index is 1.84. The van der Waals surface area contributed by atoms with Crippen LogP contribution in [0, 0.1) is 6.92 Å². The highest BCUT2D eigenvalue weighted by Crippen LogP contribution is 2.34. The topological polar surface area (TPSA) is 21.3 Å². The second kappa shape index (κ2) is 4.69. The van der Waals surface area contributed by atoms with Crippen molar-refractivity contribution in [2.24, 2.45) is 0 Å². The average molecular weight is 231 g/mol. The van der Waals surface area contributed by atoms with Crippen LogP contribution in [0.25, 0.3) is 0 Å². The third kappa shape index (κ3) is 2.32. The molecule has 1 N–H and O–H groups in total. The Bertz CT molecular complexity index is 392. The van der Waals surface area contributed by atoms with Crippen molar-refractivity contribution in [2.45, 2.75) is 44.6 Å². The Kier molecular flexibility index (Phi) is 3.06. The van der Waals surface area contributed by atoms with E-state index in [0.29, 0.717) is 12.0 Å². The van der Waals surface area contributed by atoms with E-state index in [0.717, 1.165) is 18.8 Å². The minimum absolute atomic E-state index is 0.478. The molecule has 2 nitrogen and oxygen atoms in total. The molecule has 0 radical (unpaired) electrons. The molecular weight excluding hydrogens is 210 g/mol. The van der Waals surface area contributed by atoms with Crippen LogP contribution in [0.3, 0.4) is 0 Å². The molecule has 0 amide bonds. The van der Waals surface area contributed by atoms with Crippen molar-refractivity contribution in [3.05, 3.63) is 29.3 Å². The third-order valence-electron chi connectivity index (χ3n) is 4.01. The van der Waals surface area contributed by atoms with Crippen molar-refractivity contribution in [2.75, 3.05) is 13.1 Å². The minimum Gasteiger partial charge on any atom is -0.490 e. The number of hydrogen-bond acceptors (Lipinski definition) is 2. The van der Waals surface area contributed by atoms with Crippen molar-refractivity contribution >= 4 is 0 Å². The number of aryl methyl sites for hydroxylation is 1. The standard InChI is InChI=1S/C15H21NO/c1-11-5-6-15(17-13-3-2-4-13)14(9-11)12-7-8-16-10-12/h5-6,9,12-13,16H,2-4,7-8,10H2,1H3. The summed E-state index contributed by atoms with van der Waals surface area (Å²) in [5.74, 6) is 1.78. The van der Waals surface area contributed by atoms with Gasteiger partial charge in [-0.25, -0.2) is 0 Å². The van der Waals surface area contributed by atoms with Gasteiger partial charge in [0.2, 0.25) is 0 Å². The molecule has 1 aromatic carbocycles. The minimum atomic E-state index is 0.478. The van der Waals surface area contributed by atoms with Crippen LogP contribution >= 0.6 is 0 Å². The predicted octanol–water partition coefficient (Wildman–Crippen LogP) is 3.00. The smallest absolute Gasteiger partial charge is 0.123 e. The van der Waals surface area contributed by atoms with E-state index in [1.807, 2.05) is 0 Å². The van der Waals surface area contributed by atoms with E-state index < -0.39 is 0 Å². The predicted molar refractivity (Wildman–Crippen MR) is 69.7 cm³/mol. The number of rotatable bonds is 3. The molecular formula is C15H21NO. The van der Waals surface area contributed by atoms with Gasteiger partial charge in [-0.15, -0.1) is 0 Å². The van der Waals surface area contributed by atoms with Gasteiger partial charge in [-0.05, 0) is 50.8 Å². The molecule has 2 fully saturated rings. The first kappa shape index (κ1) is 11.1. The van der Waals surface area contributed by atoms with Crippen LogP contribution in [-0.4, -0.2) is 19.2 Å². The molecule has 0 spiro atoms. The lowest BCUT2D eigenvalue weighted by atomic mass is 9.94. The normalized spacial score (nSPS) is 24.6. The van der Waals surface area contributed by atoms with Gasteiger partial charge in [-0.1, -0.05) is 17.7 Å². The van der Waals surface area contributed by atoms with Crippen LogP contribution in [0.5, 0.6) is 5.75 Å². The second-order valence-corrected chi connectivity index (χ2v) is 5.40. The van der Waals surface area contributed by atoms with Crippen LogP contribution in [0.4, 0.5) is 0 Å². The molecule has 2 heteroatoms. The average Bonchev–Trinajstić information content (AvgIpc) is 2.78. The van der Waals surface area contributed by atoms with Crippen LogP contribution in [0.1, 0.15) is 42.7 Å². The number of nitrogens with one attached hydrogen (secondary N) is 1. The van der Waals surface area contributed by atoms with E-state index >= 15 is 0 Å². The summed E-state index contributed by atoms with van der Waals surface area (Å²) in [5.41, 5.74) is 2.76. The van der Waals surface area contributed by atoms with Gasteiger partial charge >= 0.3 is 0 Å². The first-order chi connectivity index (χ1) is 8.33. The molecule has 0 aromatic heterocycles. The molecule has 1 aromatic rings. The number of ether oxygens (including phenoxy) is 1. The molecule has 1 saturated heterocycles. The van der Waals surface area contributed by atoms with E-state index in [2.05, 4.69) is 30.4 Å². The quantitative estimate of drug-likeness (QED) is 0.863. The molecule has 0 bridgehead atoms. The molecule has 2 aliphatic rings. The molecule has 1 heterocycles. The second-order valence-electron chi connectivity index (χ2n) is 5.40. The highest BCUT2D eigenvalue weighted by atomic mass is 16.5. The van der Waals surface area contributed by atoms with Gasteiger partial charge in [0, 0.05) is 12.5 Å². The molecule has 1 atom stereocenters. The SMILES string of the molecule is Cc1ccc(OC2CCC2)c(C2CCNC2)c1. The highest BCUT2D eigenvalue weighted by Gasteiger charge is 2.24. The summed E-state index contributed by atoms with van der Waals surface area (Å²) < 4.78 is 6.12. The summed E-state index contributed by atoms with van der Waals surface area (Å²) in [6, 6.07) is 6.65. The van der Waals surface area contributed by atoms with Gasteiger partial charge in [0.25, 0.3) is 0 Å². The molecule has 17 heavy (non-hydrogen) atoms. The summed E-state index contributed by atoms with van der Waals surface area (Å²) in [5, 5.41) is 3.44. The first-order valence-corrected chi connectivity index (χ1v) is 6.81. The van der Waals surface area contributed by atoms with Crippen molar-refractivity contribution in [3.8, 4) is 5.75 Å². The molecule has 1 aliphatic carbocycles. The number of hydrogen-bond donors (Lipinski definition) is 1. The fraction of sp³-hybridized carbons (Fsp3) is 0.600. The van der Waals surface area contributed by atoms with E-state index in [1.54, 1.807) is 0 Å². The maximum Gasteiger partial charge on any atom is 0.123 e. The maximum atomic E-state index is 6.12. The van der Waals surface area contributed by atoms with Crippen molar-refractivity contribution in [1.82, 2.24) is 5.32 Å². The van der Waals surface area contributed by atoms with Crippen LogP contribution < -0.4 is 10.1 Å². The van der Waals surface area contributed by atoms with Crippen LogP contribution in [0.2, 0.25) is 0 Å². The van der Waals surface area contributed by atoms with E-state index in [1.165, 1.54) is 36.8 Å². The summed E-state index contributed by atoms with van der Waals surface area (Å²) in [4.78, 5) is 0. The first-order valence-electron chi connectivity index (χ1n) is 6.81. The monoisotopic (exact) mass is 231 g/mol. The Hall–Kier alpha value is -1.02. The van der Waals surface area contributed by atoms with E-state index in [4.69, 9.17) is 4.74 Å². The summed E-state index contributed by atoms with van der Waals surface area (Å²) in [6.45, 7) is 4.41. The maximum absolute atomic E-state index is 6.12. The molecule has 3 rings (SSSR count). The lowest BCUT2D eigenvalue weighted by Crippen LogP contribution is -2.25. The fourth-order valence-corrected chi connectivity index (χ4v) is 2.68. The zero-order chi connectivity index (χ0) is 11.7. The van der Waals surface area contributed by atoms with Crippen LogP contribution in [0.15, 0.2) is 18.2 Å². The molecule has 1 aliphatic heterocycles. The van der Waals surface area contributed by atoms with Gasteiger partial charge < -0.3 is 10.1 Å². The Labute approximate surface area is 103 Å². The van der Waals surface area contributed by atoms with Crippen LogP contribution in [-0.2, 0) is 0 Å². The lowest BCUT2D eigenvalue weighted by Gasteiger charge is -2.28. The molecule has 1 saturated carbocycles. The van der Waals surface area contributed by atoms with Crippen molar-refractivity contribution in [1.29, 1.82) is 0 Å². The summed E-state index contributed by atoms with van der Waals surface area (Å²) >= 11 is 0. The zero-order valence-corrected chi connectivity index (χ0v) is 10.5. The Morgan fingerprint density at radius 3 is 2.76 bits per heavy atom. The van der Waals surface area contributed by atoms with Gasteiger partial charge in [0.05, 0.1) is 6.10 Å². The molecule has 92 valence electrons. The highest BCUT2D eigenvalue weighted by molar-refractivity contribution is 5.40. The Morgan fingerprint density at radius 2 is 2.12 bits per heavy atom. The molecule has 1 unspecified atom stereocenters. The fourth-order valence-electron chi connectivity index (χ4n) is 2.68. The summed E-state index contributed by atoms with van der Waals surface area (Å²) in [6.07, 6.45) is 5.51. The van der Waals surface area contributed by atoms with E-state index in [-0.39, 0.29) is 0 Å².